The lowest BCUT2D eigenvalue weighted by Crippen LogP contribution is -2.28. The van der Waals surface area contributed by atoms with Gasteiger partial charge in [-0.05, 0) is 36.4 Å². The van der Waals surface area contributed by atoms with Crippen LogP contribution in [0.3, 0.4) is 0 Å². The molecule has 0 aliphatic rings. The third kappa shape index (κ3) is 4.63. The summed E-state index contributed by atoms with van der Waals surface area (Å²) in [4.78, 5) is 15.9. The van der Waals surface area contributed by atoms with E-state index in [0.717, 1.165) is 23.4 Å². The lowest BCUT2D eigenvalue weighted by Gasteiger charge is -2.10. The van der Waals surface area contributed by atoms with Crippen molar-refractivity contribution in [1.82, 2.24) is 20.1 Å². The van der Waals surface area contributed by atoms with Gasteiger partial charge in [-0.3, -0.25) is 9.67 Å². The molecule has 0 fully saturated rings. The fourth-order valence-electron chi connectivity index (χ4n) is 2.53. The SMILES string of the molecule is Cn1nc(CNC(=O)Nc2cccc(C(F)(F)F)c2)cc1-c1ccncc1. The maximum atomic E-state index is 12.7. The third-order valence-electron chi connectivity index (χ3n) is 3.78. The number of carbonyl (C=O) groups is 1. The zero-order valence-corrected chi connectivity index (χ0v) is 14.3. The fraction of sp³-hybridized carbons (Fsp3) is 0.167. The lowest BCUT2D eigenvalue weighted by molar-refractivity contribution is -0.137. The van der Waals surface area contributed by atoms with Crippen LogP contribution in [0.15, 0.2) is 54.9 Å². The molecule has 0 radical (unpaired) electrons. The Bertz CT molecular complexity index is 938. The number of rotatable bonds is 4. The van der Waals surface area contributed by atoms with Crippen molar-refractivity contribution in [3.63, 3.8) is 0 Å². The second-order valence-electron chi connectivity index (χ2n) is 5.77. The van der Waals surface area contributed by atoms with Gasteiger partial charge in [0, 0.05) is 30.7 Å². The molecule has 0 aliphatic heterocycles. The highest BCUT2D eigenvalue weighted by molar-refractivity contribution is 5.89. The molecule has 0 bridgehead atoms. The molecule has 1 aromatic carbocycles. The Morgan fingerprint density at radius 3 is 2.59 bits per heavy atom. The molecule has 3 aromatic rings. The number of anilines is 1. The van der Waals surface area contributed by atoms with Crippen molar-refractivity contribution in [3.8, 4) is 11.3 Å². The average molecular weight is 375 g/mol. The van der Waals surface area contributed by atoms with Gasteiger partial charge in [0.1, 0.15) is 0 Å². The summed E-state index contributed by atoms with van der Waals surface area (Å²) < 4.78 is 39.8. The maximum Gasteiger partial charge on any atom is 0.416 e. The van der Waals surface area contributed by atoms with E-state index in [0.29, 0.717) is 5.69 Å². The van der Waals surface area contributed by atoms with Crippen LogP contribution in [0.2, 0.25) is 0 Å². The monoisotopic (exact) mass is 375 g/mol. The lowest BCUT2D eigenvalue weighted by atomic mass is 10.2. The maximum absolute atomic E-state index is 12.7. The quantitative estimate of drug-likeness (QED) is 0.728. The first kappa shape index (κ1) is 18.4. The van der Waals surface area contributed by atoms with Crippen LogP contribution in [0.5, 0.6) is 0 Å². The number of alkyl halides is 3. The van der Waals surface area contributed by atoms with E-state index in [1.165, 1.54) is 12.1 Å². The summed E-state index contributed by atoms with van der Waals surface area (Å²) in [6, 6.07) is 9.32. The molecule has 0 spiro atoms. The Morgan fingerprint density at radius 1 is 1.15 bits per heavy atom. The number of nitrogens with zero attached hydrogens (tertiary/aromatic N) is 3. The smallest absolute Gasteiger partial charge is 0.332 e. The van der Waals surface area contributed by atoms with Gasteiger partial charge in [0.25, 0.3) is 0 Å². The van der Waals surface area contributed by atoms with E-state index >= 15 is 0 Å². The number of carbonyl (C=O) groups excluding carboxylic acids is 1. The molecule has 9 heteroatoms. The van der Waals surface area contributed by atoms with Gasteiger partial charge in [0.15, 0.2) is 0 Å². The van der Waals surface area contributed by atoms with Gasteiger partial charge >= 0.3 is 12.2 Å². The molecule has 27 heavy (non-hydrogen) atoms. The topological polar surface area (TPSA) is 71.8 Å². The van der Waals surface area contributed by atoms with Crippen molar-refractivity contribution < 1.29 is 18.0 Å². The average Bonchev–Trinajstić information content (AvgIpc) is 3.01. The normalized spacial score (nSPS) is 11.3. The molecule has 0 unspecified atom stereocenters. The van der Waals surface area contributed by atoms with Gasteiger partial charge in [-0.15, -0.1) is 0 Å². The van der Waals surface area contributed by atoms with Crippen molar-refractivity contribution >= 4 is 11.7 Å². The van der Waals surface area contributed by atoms with Gasteiger partial charge in [0.05, 0.1) is 23.5 Å². The van der Waals surface area contributed by atoms with E-state index in [1.54, 1.807) is 24.1 Å². The van der Waals surface area contributed by atoms with Crippen LogP contribution >= 0.6 is 0 Å². The van der Waals surface area contributed by atoms with E-state index in [-0.39, 0.29) is 12.2 Å². The van der Waals surface area contributed by atoms with Crippen molar-refractivity contribution in [2.24, 2.45) is 7.05 Å². The molecule has 6 nitrogen and oxygen atoms in total. The van der Waals surface area contributed by atoms with Crippen LogP contribution in [0, 0.1) is 0 Å². The Kier molecular flexibility index (Phi) is 5.11. The summed E-state index contributed by atoms with van der Waals surface area (Å²) in [5, 5.41) is 9.28. The van der Waals surface area contributed by atoms with Crippen molar-refractivity contribution in [1.29, 1.82) is 0 Å². The summed E-state index contributed by atoms with van der Waals surface area (Å²) in [5.41, 5.74) is 1.63. The Hall–Kier alpha value is -3.36. The highest BCUT2D eigenvalue weighted by atomic mass is 19.4. The molecule has 2 aromatic heterocycles. The Morgan fingerprint density at radius 2 is 1.89 bits per heavy atom. The van der Waals surface area contributed by atoms with Crippen LogP contribution in [0.25, 0.3) is 11.3 Å². The molecule has 0 atom stereocenters. The largest absolute Gasteiger partial charge is 0.416 e. The summed E-state index contributed by atoms with van der Waals surface area (Å²) >= 11 is 0. The minimum absolute atomic E-state index is 0.0563. The van der Waals surface area contributed by atoms with Crippen molar-refractivity contribution in [3.05, 3.63) is 66.1 Å². The van der Waals surface area contributed by atoms with Crippen molar-refractivity contribution in [2.75, 3.05) is 5.32 Å². The van der Waals surface area contributed by atoms with Crippen LogP contribution in [0.4, 0.5) is 23.7 Å². The van der Waals surface area contributed by atoms with E-state index in [2.05, 4.69) is 20.7 Å². The highest BCUT2D eigenvalue weighted by Crippen LogP contribution is 2.30. The Balaban J connectivity index is 1.62. The van der Waals surface area contributed by atoms with Gasteiger partial charge in [0.2, 0.25) is 0 Å². The number of urea groups is 1. The number of hydrogen-bond donors (Lipinski definition) is 2. The summed E-state index contributed by atoms with van der Waals surface area (Å²) in [7, 11) is 1.78. The molecule has 2 amide bonds. The van der Waals surface area contributed by atoms with E-state index in [9.17, 15) is 18.0 Å². The molecule has 3 rings (SSSR count). The zero-order chi connectivity index (χ0) is 19.4. The summed E-state index contributed by atoms with van der Waals surface area (Å²) in [6.07, 6.45) is -1.13. The van der Waals surface area contributed by atoms with E-state index < -0.39 is 17.8 Å². The Labute approximate surface area is 153 Å². The number of hydrogen-bond acceptors (Lipinski definition) is 3. The second kappa shape index (κ2) is 7.48. The number of nitrogens with one attached hydrogen (secondary N) is 2. The molecule has 2 N–H and O–H groups in total. The van der Waals surface area contributed by atoms with Crippen molar-refractivity contribution in [2.45, 2.75) is 12.7 Å². The predicted octanol–water partition coefficient (Wildman–Crippen LogP) is 3.82. The molecular formula is C18H16F3N5O. The van der Waals surface area contributed by atoms with Crippen LogP contribution in [0.1, 0.15) is 11.3 Å². The number of pyridine rings is 1. The van der Waals surface area contributed by atoms with Crippen LogP contribution in [-0.2, 0) is 19.8 Å². The summed E-state index contributed by atoms with van der Waals surface area (Å²) in [5.74, 6) is 0. The van der Waals surface area contributed by atoms with Crippen LogP contribution < -0.4 is 10.6 Å². The first-order chi connectivity index (χ1) is 12.8. The first-order valence-electron chi connectivity index (χ1n) is 7.98. The number of amides is 2. The predicted molar refractivity (Wildman–Crippen MR) is 93.7 cm³/mol. The third-order valence-corrected chi connectivity index (χ3v) is 3.78. The number of halogens is 3. The fourth-order valence-corrected chi connectivity index (χ4v) is 2.53. The highest BCUT2D eigenvalue weighted by Gasteiger charge is 2.30. The molecule has 2 heterocycles. The van der Waals surface area contributed by atoms with E-state index in [4.69, 9.17) is 0 Å². The molecule has 140 valence electrons. The van der Waals surface area contributed by atoms with Gasteiger partial charge in [-0.1, -0.05) is 6.07 Å². The second-order valence-corrected chi connectivity index (χ2v) is 5.77. The molecule has 0 aliphatic carbocycles. The number of benzene rings is 1. The minimum atomic E-state index is -4.47. The standard InChI is InChI=1S/C18H16F3N5O/c1-26-16(12-5-7-22-8-6-12)10-15(25-26)11-23-17(27)24-14-4-2-3-13(9-14)18(19,20)21/h2-10H,11H2,1H3,(H2,23,24,27). The summed E-state index contributed by atoms with van der Waals surface area (Å²) in [6.45, 7) is 0.129. The molecule has 0 saturated carbocycles. The van der Waals surface area contributed by atoms with Gasteiger partial charge in [-0.2, -0.15) is 18.3 Å². The minimum Gasteiger partial charge on any atom is -0.332 e. The molecular weight excluding hydrogens is 359 g/mol. The van der Waals surface area contributed by atoms with Gasteiger partial charge < -0.3 is 10.6 Å². The molecule has 0 saturated heterocycles. The number of aryl methyl sites for hydroxylation is 1. The first-order valence-corrected chi connectivity index (χ1v) is 7.98. The number of aromatic nitrogens is 3. The van der Waals surface area contributed by atoms with Crippen LogP contribution in [-0.4, -0.2) is 20.8 Å². The van der Waals surface area contributed by atoms with E-state index in [1.807, 2.05) is 18.2 Å². The zero-order valence-electron chi connectivity index (χ0n) is 14.3. The van der Waals surface area contributed by atoms with Gasteiger partial charge in [-0.25, -0.2) is 4.79 Å².